The Morgan fingerprint density at radius 1 is 1.02 bits per heavy atom. The molecule has 0 spiro atoms. The number of urea groups is 1. The molecule has 2 amide bonds. The summed E-state index contributed by atoms with van der Waals surface area (Å²) in [5.74, 6) is 1.24. The summed E-state index contributed by atoms with van der Waals surface area (Å²) < 4.78 is 8.16. The standard InChI is InChI=1S/C41H58N10O2/c1-28-13-10-11-22-50(28)39(44)51-27-31(18-21-37(51)43)53-35-20-19-34(32-16-8-9-17-33(32)35)46-40(52)47-38(26-36(42)41(2,3)4)45-29-14-12-15-30(25-29)49(7)24-23-48(5)6/h8-9,12,14-18,21,25-28,34-35,43-44H,10-11,13,19-20,22-24,42H2,1-7H3,(H2,45,46,47,52)/b36-26-,43-37?,44-39?/t28-,34-,35+/m0/s1. The Balaban J connectivity index is 1.32. The van der Waals surface area contributed by atoms with E-state index in [1.807, 2.05) is 63.2 Å². The van der Waals surface area contributed by atoms with Gasteiger partial charge in [-0.15, -0.1) is 0 Å². The lowest BCUT2D eigenvalue weighted by molar-refractivity contribution is 0.170. The summed E-state index contributed by atoms with van der Waals surface area (Å²) in [5.41, 5.74) is 10.7. The van der Waals surface area contributed by atoms with Crippen molar-refractivity contribution in [2.45, 2.75) is 78.0 Å². The minimum Gasteiger partial charge on any atom is -0.484 e. The van der Waals surface area contributed by atoms with E-state index >= 15 is 0 Å². The number of ether oxygens (including phenoxy) is 1. The lowest BCUT2D eigenvalue weighted by Gasteiger charge is -2.36. The number of nitrogens with one attached hydrogen (secondary N) is 4. The van der Waals surface area contributed by atoms with Crippen molar-refractivity contribution in [2.24, 2.45) is 16.1 Å². The highest BCUT2D eigenvalue weighted by atomic mass is 16.5. The van der Waals surface area contributed by atoms with Crippen molar-refractivity contribution in [3.63, 3.8) is 0 Å². The number of aliphatic imine (C=N–C) groups is 1. The molecular formula is C41H58N10O2. The monoisotopic (exact) mass is 722 g/mol. The van der Waals surface area contributed by atoms with Crippen molar-refractivity contribution in [2.75, 3.05) is 45.7 Å². The predicted molar refractivity (Wildman–Crippen MR) is 214 cm³/mol. The number of carbonyl (C=O) groups excluding carboxylic acids is 1. The fraction of sp³-hybridized carbons (Fsp3) is 0.463. The van der Waals surface area contributed by atoms with Crippen LogP contribution in [0.1, 0.15) is 83.1 Å². The van der Waals surface area contributed by atoms with Crippen molar-refractivity contribution >= 4 is 29.2 Å². The number of nitrogens with two attached hydrogens (primary N) is 1. The van der Waals surface area contributed by atoms with Crippen molar-refractivity contribution in [1.29, 1.82) is 10.8 Å². The van der Waals surface area contributed by atoms with Crippen molar-refractivity contribution in [1.82, 2.24) is 25.0 Å². The highest BCUT2D eigenvalue weighted by Gasteiger charge is 2.30. The summed E-state index contributed by atoms with van der Waals surface area (Å²) in [6.07, 6.45) is 7.79. The van der Waals surface area contributed by atoms with Crippen LogP contribution in [0.2, 0.25) is 0 Å². The number of aromatic nitrogens is 1. The van der Waals surface area contributed by atoms with Crippen molar-refractivity contribution in [3.05, 3.63) is 95.2 Å². The third kappa shape index (κ3) is 10.3. The van der Waals surface area contributed by atoms with Crippen LogP contribution in [0.4, 0.5) is 16.2 Å². The van der Waals surface area contributed by atoms with E-state index in [0.29, 0.717) is 41.8 Å². The van der Waals surface area contributed by atoms with Gasteiger partial charge >= 0.3 is 6.03 Å². The average molecular weight is 723 g/mol. The number of rotatable bonds is 9. The van der Waals surface area contributed by atoms with E-state index in [0.717, 1.165) is 55.7 Å². The first-order valence-corrected chi connectivity index (χ1v) is 18.7. The van der Waals surface area contributed by atoms with Gasteiger partial charge in [-0.1, -0.05) is 51.1 Å². The molecule has 1 aromatic heterocycles. The smallest absolute Gasteiger partial charge is 0.320 e. The zero-order valence-electron chi connectivity index (χ0n) is 32.4. The van der Waals surface area contributed by atoms with Gasteiger partial charge in [0.2, 0.25) is 5.96 Å². The van der Waals surface area contributed by atoms with Gasteiger partial charge in [0.1, 0.15) is 23.2 Å². The molecule has 0 unspecified atom stereocenters. The maximum Gasteiger partial charge on any atom is 0.320 e. The Kier molecular flexibility index (Phi) is 12.7. The molecular weight excluding hydrogens is 665 g/mol. The summed E-state index contributed by atoms with van der Waals surface area (Å²) in [7, 11) is 6.17. The minimum absolute atomic E-state index is 0.238. The molecule has 3 atom stereocenters. The van der Waals surface area contributed by atoms with E-state index in [1.54, 1.807) is 29.0 Å². The van der Waals surface area contributed by atoms with E-state index in [2.05, 4.69) is 59.5 Å². The van der Waals surface area contributed by atoms with Crippen LogP contribution in [0.25, 0.3) is 0 Å². The topological polar surface area (TPSA) is 151 Å². The lowest BCUT2D eigenvalue weighted by Crippen LogP contribution is -2.47. The third-order valence-electron chi connectivity index (χ3n) is 10.0. The second kappa shape index (κ2) is 17.2. The number of piperidine rings is 1. The zero-order valence-corrected chi connectivity index (χ0v) is 32.4. The Hall–Kier alpha value is -5.10. The molecule has 12 heteroatoms. The second-order valence-electron chi connectivity index (χ2n) is 15.5. The van der Waals surface area contributed by atoms with Gasteiger partial charge < -0.3 is 30.5 Å². The number of pyridine rings is 1. The maximum absolute atomic E-state index is 13.7. The number of allylic oxidation sites excluding steroid dienone is 1. The Labute approximate surface area is 314 Å². The summed E-state index contributed by atoms with van der Waals surface area (Å²) >= 11 is 0. The molecule has 2 aliphatic rings. The van der Waals surface area contributed by atoms with Crippen LogP contribution >= 0.6 is 0 Å². The van der Waals surface area contributed by atoms with E-state index in [4.69, 9.17) is 26.3 Å². The Morgan fingerprint density at radius 2 is 1.77 bits per heavy atom. The van der Waals surface area contributed by atoms with Gasteiger partial charge in [0.05, 0.1) is 17.9 Å². The van der Waals surface area contributed by atoms with E-state index < -0.39 is 0 Å². The molecule has 0 bridgehead atoms. The number of nitrogens with zero attached hydrogens (tertiary/aromatic N) is 5. The normalized spacial score (nSPS) is 19.4. The maximum atomic E-state index is 13.7. The molecule has 1 aliphatic heterocycles. The van der Waals surface area contributed by atoms with Crippen LogP contribution in [0.5, 0.6) is 5.75 Å². The largest absolute Gasteiger partial charge is 0.484 e. The van der Waals surface area contributed by atoms with Crippen LogP contribution < -0.4 is 31.5 Å². The summed E-state index contributed by atoms with van der Waals surface area (Å²) in [4.78, 5) is 24.9. The van der Waals surface area contributed by atoms with E-state index in [9.17, 15) is 4.79 Å². The summed E-state index contributed by atoms with van der Waals surface area (Å²) in [6.45, 7) is 10.8. The fourth-order valence-electron chi connectivity index (χ4n) is 6.65. The van der Waals surface area contributed by atoms with Gasteiger partial charge in [0.25, 0.3) is 0 Å². The Bertz CT molecular complexity index is 1870. The lowest BCUT2D eigenvalue weighted by atomic mass is 9.85. The molecule has 2 aromatic carbocycles. The average Bonchev–Trinajstić information content (AvgIpc) is 3.12. The molecule has 284 valence electrons. The SMILES string of the molecule is C[C@H]1CCCCN1C(=N)n1cc(O[C@@H]2CC[C@H](NC(=O)NC(/C=C(\N)C(C)(C)C)=Nc3cccc(N(C)CCN(C)C)c3)c3ccccc32)ccc1=N. The summed E-state index contributed by atoms with van der Waals surface area (Å²) in [5, 5.41) is 23.6. The van der Waals surface area contributed by atoms with Crippen molar-refractivity contribution < 1.29 is 9.53 Å². The molecule has 3 aromatic rings. The highest BCUT2D eigenvalue weighted by molar-refractivity contribution is 6.05. The predicted octanol–water partition coefficient (Wildman–Crippen LogP) is 6.50. The number of hydrogen-bond acceptors (Lipinski definition) is 8. The molecule has 12 nitrogen and oxygen atoms in total. The minimum atomic E-state index is -0.377. The van der Waals surface area contributed by atoms with E-state index in [-0.39, 0.29) is 35.1 Å². The molecule has 53 heavy (non-hydrogen) atoms. The molecule has 1 fully saturated rings. The van der Waals surface area contributed by atoms with Gasteiger partial charge in [-0.2, -0.15) is 0 Å². The van der Waals surface area contributed by atoms with Crippen molar-refractivity contribution in [3.8, 4) is 5.75 Å². The van der Waals surface area contributed by atoms with Crippen LogP contribution in [0.15, 0.2) is 83.6 Å². The van der Waals surface area contributed by atoms with Crippen LogP contribution in [-0.4, -0.2) is 79.0 Å². The first-order chi connectivity index (χ1) is 25.2. The molecule has 0 saturated carbocycles. The second-order valence-corrected chi connectivity index (χ2v) is 15.5. The molecule has 6 N–H and O–H groups in total. The van der Waals surface area contributed by atoms with Gasteiger partial charge in [0, 0.05) is 55.6 Å². The molecule has 2 heterocycles. The summed E-state index contributed by atoms with van der Waals surface area (Å²) in [6, 6.07) is 19.1. The molecule has 1 saturated heterocycles. The number of hydrogen-bond donors (Lipinski definition) is 5. The molecule has 1 aliphatic carbocycles. The van der Waals surface area contributed by atoms with Gasteiger partial charge in [-0.25, -0.2) is 9.79 Å². The van der Waals surface area contributed by atoms with Crippen LogP contribution in [0, 0.1) is 16.2 Å². The van der Waals surface area contributed by atoms with E-state index in [1.165, 1.54) is 0 Å². The first kappa shape index (κ1) is 39.1. The highest BCUT2D eigenvalue weighted by Crippen LogP contribution is 2.38. The molecule has 5 rings (SSSR count). The number of likely N-dealkylation sites (N-methyl/N-ethyl adjacent to an activating group) is 2. The molecule has 0 radical (unpaired) electrons. The zero-order chi connectivity index (χ0) is 38.3. The Morgan fingerprint density at radius 3 is 2.49 bits per heavy atom. The number of fused-ring (bicyclic) bond motifs is 1. The first-order valence-electron chi connectivity index (χ1n) is 18.7. The van der Waals surface area contributed by atoms with Crippen LogP contribution in [-0.2, 0) is 0 Å². The van der Waals surface area contributed by atoms with Crippen LogP contribution in [0.3, 0.4) is 0 Å². The number of benzene rings is 2. The van der Waals surface area contributed by atoms with Gasteiger partial charge in [-0.05, 0) is 94.6 Å². The number of likely N-dealkylation sites (tertiary alicyclic amines) is 1. The number of anilines is 1. The number of carbonyl (C=O) groups is 1. The number of amidine groups is 1. The number of amides is 2. The quantitative estimate of drug-likeness (QED) is 0.126. The fourth-order valence-corrected chi connectivity index (χ4v) is 6.65. The van der Waals surface area contributed by atoms with Gasteiger partial charge in [0.15, 0.2) is 0 Å². The van der Waals surface area contributed by atoms with Gasteiger partial charge in [-0.3, -0.25) is 20.7 Å². The third-order valence-corrected chi connectivity index (χ3v) is 10.0.